The number of hydrogen-bond donors (Lipinski definition) is 1. The summed E-state index contributed by atoms with van der Waals surface area (Å²) in [5, 5.41) is 8.72. The Morgan fingerprint density at radius 3 is 2.93 bits per heavy atom. The summed E-state index contributed by atoms with van der Waals surface area (Å²) in [6.45, 7) is 4.82. The van der Waals surface area contributed by atoms with E-state index in [2.05, 4.69) is 11.8 Å². The van der Waals surface area contributed by atoms with Gasteiger partial charge in [-0.25, -0.2) is 0 Å². The van der Waals surface area contributed by atoms with Crippen molar-refractivity contribution in [2.75, 3.05) is 26.8 Å². The number of methoxy groups -OCH3 is 1. The van der Waals surface area contributed by atoms with Crippen LogP contribution in [0.15, 0.2) is 0 Å². The van der Waals surface area contributed by atoms with Crippen LogP contribution in [-0.4, -0.2) is 48.8 Å². The van der Waals surface area contributed by atoms with Crippen molar-refractivity contribution in [2.45, 2.75) is 32.2 Å². The molecule has 2 atom stereocenters. The van der Waals surface area contributed by atoms with E-state index in [4.69, 9.17) is 9.84 Å². The number of likely N-dealkylation sites (tertiary alicyclic amines) is 1. The van der Waals surface area contributed by atoms with E-state index >= 15 is 0 Å². The van der Waals surface area contributed by atoms with E-state index in [0.717, 1.165) is 32.5 Å². The van der Waals surface area contributed by atoms with Gasteiger partial charge in [-0.2, -0.15) is 0 Å². The molecule has 4 nitrogen and oxygen atoms in total. The summed E-state index contributed by atoms with van der Waals surface area (Å²) in [5.41, 5.74) is 0. The van der Waals surface area contributed by atoms with Crippen LogP contribution in [-0.2, 0) is 9.53 Å². The molecule has 0 bridgehead atoms. The molecule has 0 radical (unpaired) electrons. The van der Waals surface area contributed by atoms with Gasteiger partial charge < -0.3 is 9.84 Å². The zero-order valence-electron chi connectivity index (χ0n) is 9.61. The van der Waals surface area contributed by atoms with Crippen LogP contribution < -0.4 is 0 Å². The zero-order valence-corrected chi connectivity index (χ0v) is 9.61. The fraction of sp³-hybridized carbons (Fsp3) is 0.909. The van der Waals surface area contributed by atoms with Gasteiger partial charge in [-0.05, 0) is 25.3 Å². The Balaban J connectivity index is 2.36. The van der Waals surface area contributed by atoms with E-state index in [0.29, 0.717) is 18.4 Å². The first kappa shape index (κ1) is 12.5. The molecule has 0 aromatic heterocycles. The van der Waals surface area contributed by atoms with Crippen LogP contribution in [0, 0.1) is 5.92 Å². The van der Waals surface area contributed by atoms with Crippen LogP contribution >= 0.6 is 0 Å². The number of nitrogens with zero attached hydrogens (tertiary/aromatic N) is 1. The van der Waals surface area contributed by atoms with Crippen molar-refractivity contribution < 1.29 is 14.6 Å². The SMILES string of the molecule is CCC(COC)N1CCC(CC(=O)O)C1. The minimum Gasteiger partial charge on any atom is -0.481 e. The third-order valence-electron chi connectivity index (χ3n) is 3.13. The highest BCUT2D eigenvalue weighted by Gasteiger charge is 2.28. The number of hydrogen-bond acceptors (Lipinski definition) is 3. The van der Waals surface area contributed by atoms with Gasteiger partial charge >= 0.3 is 5.97 Å². The van der Waals surface area contributed by atoms with Crippen molar-refractivity contribution in [3.05, 3.63) is 0 Å². The molecule has 0 amide bonds. The van der Waals surface area contributed by atoms with E-state index in [-0.39, 0.29) is 0 Å². The molecule has 1 aliphatic rings. The lowest BCUT2D eigenvalue weighted by Gasteiger charge is -2.26. The van der Waals surface area contributed by atoms with Gasteiger partial charge in [-0.15, -0.1) is 0 Å². The second-order valence-corrected chi connectivity index (χ2v) is 4.26. The molecule has 0 aromatic rings. The number of carbonyl (C=O) groups is 1. The van der Waals surface area contributed by atoms with E-state index in [1.54, 1.807) is 7.11 Å². The number of ether oxygens (including phenoxy) is 1. The summed E-state index contributed by atoms with van der Waals surface area (Å²) in [4.78, 5) is 12.9. The van der Waals surface area contributed by atoms with E-state index in [9.17, 15) is 4.79 Å². The second kappa shape index (κ2) is 6.08. The fourth-order valence-electron chi connectivity index (χ4n) is 2.28. The standard InChI is InChI=1S/C11H21NO3/c1-3-10(8-15-2)12-5-4-9(7-12)6-11(13)14/h9-10H,3-8H2,1-2H3,(H,13,14). The molecule has 4 heteroatoms. The summed E-state index contributed by atoms with van der Waals surface area (Å²) in [6.07, 6.45) is 2.38. The Labute approximate surface area is 91.2 Å². The first-order valence-electron chi connectivity index (χ1n) is 5.62. The lowest BCUT2D eigenvalue weighted by atomic mass is 10.1. The van der Waals surface area contributed by atoms with E-state index < -0.39 is 5.97 Å². The highest BCUT2D eigenvalue weighted by molar-refractivity contribution is 5.67. The third-order valence-corrected chi connectivity index (χ3v) is 3.13. The predicted octanol–water partition coefficient (Wildman–Crippen LogP) is 1.21. The molecular weight excluding hydrogens is 194 g/mol. The molecule has 0 aromatic carbocycles. The highest BCUT2D eigenvalue weighted by atomic mass is 16.5. The van der Waals surface area contributed by atoms with Gasteiger partial charge in [0.2, 0.25) is 0 Å². The molecule has 1 N–H and O–H groups in total. The van der Waals surface area contributed by atoms with Crippen molar-refractivity contribution in [2.24, 2.45) is 5.92 Å². The van der Waals surface area contributed by atoms with Crippen molar-refractivity contribution >= 4 is 5.97 Å². The molecule has 0 saturated carbocycles. The molecular formula is C11H21NO3. The Morgan fingerprint density at radius 2 is 2.40 bits per heavy atom. The maximum atomic E-state index is 10.6. The first-order valence-corrected chi connectivity index (χ1v) is 5.62. The Bertz CT molecular complexity index is 208. The van der Waals surface area contributed by atoms with Crippen LogP contribution in [0.1, 0.15) is 26.2 Å². The minimum atomic E-state index is -0.679. The third kappa shape index (κ3) is 3.80. The van der Waals surface area contributed by atoms with E-state index in [1.165, 1.54) is 0 Å². The van der Waals surface area contributed by atoms with Gasteiger partial charge in [0.05, 0.1) is 6.61 Å². The largest absolute Gasteiger partial charge is 0.481 e. The molecule has 0 aliphatic carbocycles. The predicted molar refractivity (Wildman–Crippen MR) is 57.9 cm³/mol. The molecule has 1 saturated heterocycles. The van der Waals surface area contributed by atoms with Gasteiger partial charge in [0.25, 0.3) is 0 Å². The van der Waals surface area contributed by atoms with Gasteiger partial charge in [-0.3, -0.25) is 9.69 Å². The van der Waals surface area contributed by atoms with Crippen LogP contribution in [0.4, 0.5) is 0 Å². The molecule has 1 aliphatic heterocycles. The van der Waals surface area contributed by atoms with Crippen LogP contribution in [0.5, 0.6) is 0 Å². The monoisotopic (exact) mass is 215 g/mol. The van der Waals surface area contributed by atoms with Crippen molar-refractivity contribution in [3.63, 3.8) is 0 Å². The van der Waals surface area contributed by atoms with Crippen LogP contribution in [0.2, 0.25) is 0 Å². The molecule has 1 heterocycles. The second-order valence-electron chi connectivity index (χ2n) is 4.26. The van der Waals surface area contributed by atoms with Gasteiger partial charge in [0.15, 0.2) is 0 Å². The lowest BCUT2D eigenvalue weighted by molar-refractivity contribution is -0.138. The van der Waals surface area contributed by atoms with Crippen LogP contribution in [0.25, 0.3) is 0 Å². The van der Waals surface area contributed by atoms with Gasteiger partial charge in [0, 0.05) is 26.1 Å². The number of aliphatic carboxylic acids is 1. The van der Waals surface area contributed by atoms with Crippen molar-refractivity contribution in [1.82, 2.24) is 4.90 Å². The first-order chi connectivity index (χ1) is 7.17. The summed E-state index contributed by atoms with van der Waals surface area (Å²) in [7, 11) is 1.72. The number of carboxylic acids is 1. The highest BCUT2D eigenvalue weighted by Crippen LogP contribution is 2.22. The van der Waals surface area contributed by atoms with Gasteiger partial charge in [-0.1, -0.05) is 6.92 Å². The lowest BCUT2D eigenvalue weighted by Crippen LogP contribution is -2.36. The Morgan fingerprint density at radius 1 is 1.67 bits per heavy atom. The average molecular weight is 215 g/mol. The molecule has 1 fully saturated rings. The molecule has 15 heavy (non-hydrogen) atoms. The topological polar surface area (TPSA) is 49.8 Å². The summed E-state index contributed by atoms with van der Waals surface area (Å²) >= 11 is 0. The summed E-state index contributed by atoms with van der Waals surface area (Å²) < 4.78 is 5.17. The number of carboxylic acid groups (broad SMARTS) is 1. The smallest absolute Gasteiger partial charge is 0.303 e. The minimum absolute atomic E-state index is 0.305. The molecule has 1 rings (SSSR count). The quantitative estimate of drug-likeness (QED) is 0.723. The fourth-order valence-corrected chi connectivity index (χ4v) is 2.28. The summed E-state index contributed by atoms with van der Waals surface area (Å²) in [5.74, 6) is -0.352. The Kier molecular flexibility index (Phi) is 5.05. The van der Waals surface area contributed by atoms with Gasteiger partial charge in [0.1, 0.15) is 0 Å². The van der Waals surface area contributed by atoms with Crippen LogP contribution in [0.3, 0.4) is 0 Å². The zero-order chi connectivity index (χ0) is 11.3. The molecule has 2 unspecified atom stereocenters. The maximum Gasteiger partial charge on any atom is 0.303 e. The maximum absolute atomic E-state index is 10.6. The van der Waals surface area contributed by atoms with E-state index in [1.807, 2.05) is 0 Å². The Hall–Kier alpha value is -0.610. The molecule has 0 spiro atoms. The normalized spacial score (nSPS) is 24.3. The summed E-state index contributed by atoms with van der Waals surface area (Å²) in [6, 6.07) is 0.453. The number of rotatable bonds is 6. The van der Waals surface area contributed by atoms with Crippen molar-refractivity contribution in [3.8, 4) is 0 Å². The average Bonchev–Trinajstić information content (AvgIpc) is 2.61. The van der Waals surface area contributed by atoms with Crippen molar-refractivity contribution in [1.29, 1.82) is 0 Å². The molecule has 88 valence electrons.